The van der Waals surface area contributed by atoms with E-state index in [2.05, 4.69) is 31.4 Å². The Labute approximate surface area is 138 Å². The molecule has 2 aliphatic rings. The predicted molar refractivity (Wildman–Crippen MR) is 90.5 cm³/mol. The van der Waals surface area contributed by atoms with Gasteiger partial charge in [0, 0.05) is 19.3 Å². The predicted octanol–water partition coefficient (Wildman–Crippen LogP) is 3.36. The summed E-state index contributed by atoms with van der Waals surface area (Å²) in [6, 6.07) is 6.24. The summed E-state index contributed by atoms with van der Waals surface area (Å²) in [5, 5.41) is 0.506. The van der Waals surface area contributed by atoms with Crippen LogP contribution >= 0.6 is 11.6 Å². The maximum Gasteiger partial charge on any atom is 0.214 e. The van der Waals surface area contributed by atoms with Crippen molar-refractivity contribution in [2.75, 3.05) is 23.5 Å². The lowest BCUT2D eigenvalue weighted by molar-refractivity contribution is 0.738. The van der Waals surface area contributed by atoms with Crippen molar-refractivity contribution in [2.24, 2.45) is 0 Å². The number of pyridine rings is 2. The molecular formula is C16H15ClN6. The summed E-state index contributed by atoms with van der Waals surface area (Å²) in [6.07, 6.45) is 6.05. The van der Waals surface area contributed by atoms with Crippen LogP contribution in [0, 0.1) is 0 Å². The third-order valence-corrected chi connectivity index (χ3v) is 4.68. The molecule has 23 heavy (non-hydrogen) atoms. The van der Waals surface area contributed by atoms with Crippen LogP contribution in [0.5, 0.6) is 0 Å². The Morgan fingerprint density at radius 2 is 2.00 bits per heavy atom. The van der Waals surface area contributed by atoms with Gasteiger partial charge in [-0.2, -0.15) is 0 Å². The Balaban J connectivity index is 1.74. The van der Waals surface area contributed by atoms with E-state index in [9.17, 15) is 0 Å². The summed E-state index contributed by atoms with van der Waals surface area (Å²) in [7, 11) is 2.08. The van der Waals surface area contributed by atoms with Crippen LogP contribution in [-0.4, -0.2) is 33.2 Å². The quantitative estimate of drug-likeness (QED) is 0.676. The molecule has 0 atom stereocenters. The van der Waals surface area contributed by atoms with Crippen molar-refractivity contribution < 1.29 is 0 Å². The molecule has 1 aliphatic heterocycles. The van der Waals surface area contributed by atoms with Gasteiger partial charge in [-0.1, -0.05) is 11.6 Å². The van der Waals surface area contributed by atoms with Crippen LogP contribution in [0.1, 0.15) is 18.9 Å². The van der Waals surface area contributed by atoms with Crippen LogP contribution in [0.4, 0.5) is 17.3 Å². The summed E-state index contributed by atoms with van der Waals surface area (Å²) in [5.41, 5.74) is 4.00. The normalized spacial score (nSPS) is 17.1. The smallest absolute Gasteiger partial charge is 0.214 e. The average molecular weight is 327 g/mol. The largest absolute Gasteiger partial charge is 0.355 e. The minimum atomic E-state index is 0.465. The number of halogens is 1. The van der Waals surface area contributed by atoms with Gasteiger partial charge in [-0.25, -0.2) is 9.97 Å². The molecule has 116 valence electrons. The van der Waals surface area contributed by atoms with Crippen LogP contribution in [0.3, 0.4) is 0 Å². The molecule has 0 spiro atoms. The van der Waals surface area contributed by atoms with E-state index < -0.39 is 0 Å². The molecule has 1 saturated carbocycles. The lowest BCUT2D eigenvalue weighted by Crippen LogP contribution is -2.26. The summed E-state index contributed by atoms with van der Waals surface area (Å²) in [6.45, 7) is 0.755. The molecular weight excluding hydrogens is 312 g/mol. The number of anilines is 3. The molecule has 0 saturated heterocycles. The van der Waals surface area contributed by atoms with Gasteiger partial charge in [0.1, 0.15) is 10.7 Å². The van der Waals surface area contributed by atoms with Gasteiger partial charge in [-0.05, 0) is 31.0 Å². The number of hydrogen-bond acceptors (Lipinski definition) is 5. The van der Waals surface area contributed by atoms with E-state index in [1.807, 2.05) is 24.5 Å². The van der Waals surface area contributed by atoms with Gasteiger partial charge in [0.2, 0.25) is 5.95 Å². The zero-order chi connectivity index (χ0) is 15.6. The van der Waals surface area contributed by atoms with Crippen molar-refractivity contribution in [1.29, 1.82) is 0 Å². The minimum Gasteiger partial charge on any atom is -0.355 e. The van der Waals surface area contributed by atoms with Crippen LogP contribution in [-0.2, 0) is 0 Å². The molecule has 5 rings (SSSR count). The first-order chi connectivity index (χ1) is 11.2. The van der Waals surface area contributed by atoms with Gasteiger partial charge in [0.05, 0.1) is 24.2 Å². The van der Waals surface area contributed by atoms with Crippen molar-refractivity contribution in [2.45, 2.75) is 18.9 Å². The number of hydrogen-bond donors (Lipinski definition) is 0. The second kappa shape index (κ2) is 4.58. The first kappa shape index (κ1) is 13.1. The highest BCUT2D eigenvalue weighted by Crippen LogP contribution is 2.45. The monoisotopic (exact) mass is 326 g/mol. The highest BCUT2D eigenvalue weighted by atomic mass is 35.5. The maximum atomic E-state index is 6.10. The first-order valence-electron chi connectivity index (χ1n) is 7.69. The molecule has 3 aromatic rings. The van der Waals surface area contributed by atoms with E-state index in [-0.39, 0.29) is 0 Å². The standard InChI is InChI=1S/C16H15ClN6/c1-21-9-22(13-8-18-7-6-12(13)21)16-19-11-4-5-14(17)20-15(11)23(16)10-2-3-10/h4-8,10H,2-3,9H2,1H3. The minimum absolute atomic E-state index is 0.465. The Morgan fingerprint density at radius 3 is 2.83 bits per heavy atom. The van der Waals surface area contributed by atoms with Gasteiger partial charge >= 0.3 is 0 Å². The molecule has 7 heteroatoms. The van der Waals surface area contributed by atoms with Crippen LogP contribution in [0.2, 0.25) is 5.15 Å². The van der Waals surface area contributed by atoms with E-state index >= 15 is 0 Å². The van der Waals surface area contributed by atoms with Crippen molar-refractivity contribution in [3.05, 3.63) is 35.7 Å². The molecule has 0 amide bonds. The van der Waals surface area contributed by atoms with Crippen molar-refractivity contribution in [3.63, 3.8) is 0 Å². The Morgan fingerprint density at radius 1 is 1.13 bits per heavy atom. The Bertz CT molecular complexity index is 916. The molecule has 0 N–H and O–H groups in total. The fraction of sp³-hybridized carbons (Fsp3) is 0.312. The fourth-order valence-corrected chi connectivity index (χ4v) is 3.39. The summed E-state index contributed by atoms with van der Waals surface area (Å²) < 4.78 is 2.23. The molecule has 0 unspecified atom stereocenters. The van der Waals surface area contributed by atoms with Crippen LogP contribution in [0.15, 0.2) is 30.6 Å². The third kappa shape index (κ3) is 1.91. The van der Waals surface area contributed by atoms with Crippen molar-refractivity contribution in [1.82, 2.24) is 19.5 Å². The van der Waals surface area contributed by atoms with Gasteiger partial charge in [-0.3, -0.25) is 14.5 Å². The summed E-state index contributed by atoms with van der Waals surface area (Å²) in [4.78, 5) is 18.0. The molecule has 0 aromatic carbocycles. The number of imidazole rings is 1. The number of nitrogens with zero attached hydrogens (tertiary/aromatic N) is 6. The maximum absolute atomic E-state index is 6.10. The molecule has 4 heterocycles. The summed E-state index contributed by atoms with van der Waals surface area (Å²) in [5.74, 6) is 0.927. The Kier molecular flexibility index (Phi) is 2.61. The van der Waals surface area contributed by atoms with Crippen molar-refractivity contribution in [3.8, 4) is 0 Å². The van der Waals surface area contributed by atoms with Crippen molar-refractivity contribution >= 4 is 40.1 Å². The zero-order valence-electron chi connectivity index (χ0n) is 12.6. The molecule has 0 radical (unpaired) electrons. The average Bonchev–Trinajstić information content (AvgIpc) is 3.25. The van der Waals surface area contributed by atoms with E-state index in [0.29, 0.717) is 11.2 Å². The summed E-state index contributed by atoms with van der Waals surface area (Å²) >= 11 is 6.10. The molecule has 1 fully saturated rings. The molecule has 0 bridgehead atoms. The second-order valence-electron chi connectivity index (χ2n) is 6.12. The zero-order valence-corrected chi connectivity index (χ0v) is 13.4. The highest BCUT2D eigenvalue weighted by Gasteiger charge is 2.34. The van der Waals surface area contributed by atoms with Gasteiger partial charge in [-0.15, -0.1) is 0 Å². The lowest BCUT2D eigenvalue weighted by Gasteiger charge is -2.19. The number of aromatic nitrogens is 4. The number of rotatable bonds is 2. The molecule has 1 aliphatic carbocycles. The van der Waals surface area contributed by atoms with Crippen LogP contribution < -0.4 is 9.80 Å². The molecule has 3 aromatic heterocycles. The number of fused-ring (bicyclic) bond motifs is 2. The van der Waals surface area contributed by atoms with E-state index in [4.69, 9.17) is 16.6 Å². The van der Waals surface area contributed by atoms with E-state index in [1.165, 1.54) is 5.69 Å². The highest BCUT2D eigenvalue weighted by molar-refractivity contribution is 6.29. The lowest BCUT2D eigenvalue weighted by atomic mass is 10.3. The SMILES string of the molecule is CN1CN(c2nc3ccc(Cl)nc3n2C2CC2)c2cnccc21. The second-order valence-corrected chi connectivity index (χ2v) is 6.51. The van der Waals surface area contributed by atoms with Crippen LogP contribution in [0.25, 0.3) is 11.2 Å². The topological polar surface area (TPSA) is 50.1 Å². The van der Waals surface area contributed by atoms with Gasteiger partial charge in [0.15, 0.2) is 5.65 Å². The Hall–Kier alpha value is -2.34. The van der Waals surface area contributed by atoms with E-state index in [0.717, 1.165) is 42.3 Å². The molecule has 6 nitrogen and oxygen atoms in total. The first-order valence-corrected chi connectivity index (χ1v) is 8.07. The third-order valence-electron chi connectivity index (χ3n) is 4.47. The van der Waals surface area contributed by atoms with Gasteiger partial charge in [0.25, 0.3) is 0 Å². The van der Waals surface area contributed by atoms with E-state index in [1.54, 1.807) is 6.07 Å². The van der Waals surface area contributed by atoms with Gasteiger partial charge < -0.3 is 4.90 Å². The fourth-order valence-electron chi connectivity index (χ4n) is 3.24.